The summed E-state index contributed by atoms with van der Waals surface area (Å²) >= 11 is 0. The summed E-state index contributed by atoms with van der Waals surface area (Å²) in [5.74, 6) is -0.840. The third-order valence-electron chi connectivity index (χ3n) is 3.64. The largest absolute Gasteiger partial charge is 0.492 e. The van der Waals surface area contributed by atoms with E-state index in [1.54, 1.807) is 12.1 Å². The van der Waals surface area contributed by atoms with Crippen molar-refractivity contribution in [3.8, 4) is 5.75 Å². The van der Waals surface area contributed by atoms with Crippen molar-refractivity contribution in [1.82, 2.24) is 4.90 Å². The summed E-state index contributed by atoms with van der Waals surface area (Å²) in [4.78, 5) is 35.3. The molecule has 2 amide bonds. The van der Waals surface area contributed by atoms with Crippen LogP contribution in [0, 0.1) is 11.8 Å². The molecule has 6 nitrogen and oxygen atoms in total. The van der Waals surface area contributed by atoms with Gasteiger partial charge in [0.1, 0.15) is 12.4 Å². The number of nitrogens with zero attached hydrogens (tertiary/aromatic N) is 1. The van der Waals surface area contributed by atoms with Gasteiger partial charge in [0.05, 0.1) is 23.9 Å². The van der Waals surface area contributed by atoms with E-state index in [0.717, 1.165) is 0 Å². The topological polar surface area (TPSA) is 83.9 Å². The van der Waals surface area contributed by atoms with Gasteiger partial charge in [-0.25, -0.2) is 4.79 Å². The number of hydrogen-bond donors (Lipinski definition) is 1. The minimum absolute atomic E-state index is 0.0858. The highest BCUT2D eigenvalue weighted by Gasteiger charge is 2.58. The Morgan fingerprint density at radius 3 is 2.35 bits per heavy atom. The summed E-state index contributed by atoms with van der Waals surface area (Å²) < 4.78 is 5.41. The molecule has 1 aromatic rings. The molecule has 1 N–H and O–H groups in total. The van der Waals surface area contributed by atoms with Crippen molar-refractivity contribution in [2.75, 3.05) is 13.2 Å². The summed E-state index contributed by atoms with van der Waals surface area (Å²) in [5.41, 5.74) is 0.183. The van der Waals surface area contributed by atoms with Crippen LogP contribution >= 0.6 is 0 Å². The lowest BCUT2D eigenvalue weighted by atomic mass is 10.2. The summed E-state index contributed by atoms with van der Waals surface area (Å²) in [5, 5.41) is 8.76. The lowest BCUT2D eigenvalue weighted by Crippen LogP contribution is -2.36. The first-order valence-corrected chi connectivity index (χ1v) is 6.39. The lowest BCUT2D eigenvalue weighted by Gasteiger charge is -2.16. The van der Waals surface area contributed by atoms with Crippen LogP contribution in [0.4, 0.5) is 0 Å². The van der Waals surface area contributed by atoms with Crippen LogP contribution in [0.2, 0.25) is 0 Å². The van der Waals surface area contributed by atoms with E-state index in [2.05, 4.69) is 0 Å². The molecule has 3 rings (SSSR count). The van der Waals surface area contributed by atoms with E-state index in [-0.39, 0.29) is 42.4 Å². The summed E-state index contributed by atoms with van der Waals surface area (Å²) in [6.07, 6.45) is 0.700. The number of fused-ring (bicyclic) bond motifs is 1. The third kappa shape index (κ3) is 2.13. The fourth-order valence-corrected chi connectivity index (χ4v) is 2.42. The molecular weight excluding hydrogens is 262 g/mol. The molecule has 1 heterocycles. The number of carboxylic acid groups (broad SMARTS) is 1. The van der Waals surface area contributed by atoms with Crippen LogP contribution in [0.15, 0.2) is 24.3 Å². The number of hydrogen-bond acceptors (Lipinski definition) is 4. The average molecular weight is 275 g/mol. The predicted octanol–water partition coefficient (Wildman–Crippen LogP) is 0.768. The second kappa shape index (κ2) is 4.63. The lowest BCUT2D eigenvalue weighted by molar-refractivity contribution is -0.141. The molecule has 104 valence electrons. The first-order valence-electron chi connectivity index (χ1n) is 6.39. The molecule has 2 unspecified atom stereocenters. The van der Waals surface area contributed by atoms with E-state index in [1.165, 1.54) is 17.0 Å². The Kier molecular flexibility index (Phi) is 2.93. The molecule has 0 spiro atoms. The zero-order chi connectivity index (χ0) is 14.3. The molecule has 20 heavy (non-hydrogen) atoms. The van der Waals surface area contributed by atoms with Gasteiger partial charge in [0.25, 0.3) is 0 Å². The minimum Gasteiger partial charge on any atom is -0.492 e. The Labute approximate surface area is 114 Å². The number of carbonyl (C=O) groups excluding carboxylic acids is 2. The summed E-state index contributed by atoms with van der Waals surface area (Å²) in [6.45, 7) is 0.453. The van der Waals surface area contributed by atoms with Gasteiger partial charge in [-0.05, 0) is 30.7 Å². The maximum Gasteiger partial charge on any atom is 0.335 e. The molecular formula is C14H13NO5. The molecule has 2 aliphatic rings. The number of benzene rings is 1. The highest BCUT2D eigenvalue weighted by Crippen LogP contribution is 2.46. The maximum absolute atomic E-state index is 11.7. The van der Waals surface area contributed by atoms with Gasteiger partial charge in [-0.3, -0.25) is 14.5 Å². The van der Waals surface area contributed by atoms with Gasteiger partial charge in [0.15, 0.2) is 0 Å². The number of aromatic carboxylic acids is 1. The fraction of sp³-hybridized carbons (Fsp3) is 0.357. The van der Waals surface area contributed by atoms with Crippen molar-refractivity contribution in [2.45, 2.75) is 6.42 Å². The molecule has 0 bridgehead atoms. The molecule has 1 aromatic carbocycles. The standard InChI is InChI=1S/C14H13NO5/c16-12-10-7-11(10)13(17)15(12)5-6-20-9-3-1-8(2-4-9)14(18)19/h1-4,10-11H,5-7H2,(H,18,19). The highest BCUT2D eigenvalue weighted by molar-refractivity contribution is 6.08. The Bertz CT molecular complexity index is 560. The number of carbonyl (C=O) groups is 3. The second-order valence-corrected chi connectivity index (χ2v) is 4.95. The number of imide groups is 1. The fourth-order valence-electron chi connectivity index (χ4n) is 2.42. The number of likely N-dealkylation sites (tertiary alicyclic amines) is 1. The second-order valence-electron chi connectivity index (χ2n) is 4.95. The first kappa shape index (κ1) is 12.7. The zero-order valence-electron chi connectivity index (χ0n) is 10.6. The number of piperidine rings is 1. The van der Waals surface area contributed by atoms with Crippen LogP contribution in [0.25, 0.3) is 0 Å². The summed E-state index contributed by atoms with van der Waals surface area (Å²) in [6, 6.07) is 5.99. The van der Waals surface area contributed by atoms with Gasteiger partial charge in [-0.2, -0.15) is 0 Å². The SMILES string of the molecule is O=C(O)c1ccc(OCCN2C(=O)C3CC3C2=O)cc1. The molecule has 1 saturated carbocycles. The van der Waals surface area contributed by atoms with Gasteiger partial charge < -0.3 is 9.84 Å². The van der Waals surface area contributed by atoms with Crippen LogP contribution in [-0.2, 0) is 9.59 Å². The van der Waals surface area contributed by atoms with Crippen molar-refractivity contribution in [2.24, 2.45) is 11.8 Å². The van der Waals surface area contributed by atoms with Crippen molar-refractivity contribution in [3.63, 3.8) is 0 Å². The van der Waals surface area contributed by atoms with Crippen LogP contribution in [-0.4, -0.2) is 40.9 Å². The van der Waals surface area contributed by atoms with E-state index in [9.17, 15) is 14.4 Å². The van der Waals surface area contributed by atoms with Crippen molar-refractivity contribution >= 4 is 17.8 Å². The van der Waals surface area contributed by atoms with Gasteiger partial charge in [0.2, 0.25) is 11.8 Å². The van der Waals surface area contributed by atoms with Gasteiger partial charge in [-0.15, -0.1) is 0 Å². The van der Waals surface area contributed by atoms with Gasteiger partial charge in [-0.1, -0.05) is 0 Å². The van der Waals surface area contributed by atoms with Crippen molar-refractivity contribution in [1.29, 1.82) is 0 Å². The van der Waals surface area contributed by atoms with E-state index in [0.29, 0.717) is 12.2 Å². The number of rotatable bonds is 5. The average Bonchev–Trinajstić information content (AvgIpc) is 3.19. The third-order valence-corrected chi connectivity index (χ3v) is 3.64. The molecule has 2 atom stereocenters. The monoisotopic (exact) mass is 275 g/mol. The normalized spacial score (nSPS) is 23.7. The highest BCUT2D eigenvalue weighted by atomic mass is 16.5. The van der Waals surface area contributed by atoms with Crippen LogP contribution < -0.4 is 4.74 Å². The Morgan fingerprint density at radius 2 is 1.80 bits per heavy atom. The molecule has 0 radical (unpaired) electrons. The molecule has 1 aliphatic heterocycles. The maximum atomic E-state index is 11.7. The van der Waals surface area contributed by atoms with Crippen LogP contribution in [0.5, 0.6) is 5.75 Å². The van der Waals surface area contributed by atoms with E-state index < -0.39 is 5.97 Å². The Hall–Kier alpha value is -2.37. The summed E-state index contributed by atoms with van der Waals surface area (Å²) in [7, 11) is 0. The van der Waals surface area contributed by atoms with Crippen LogP contribution in [0.3, 0.4) is 0 Å². The quantitative estimate of drug-likeness (QED) is 0.802. The molecule has 1 saturated heterocycles. The number of carboxylic acids is 1. The van der Waals surface area contributed by atoms with E-state index in [1.807, 2.05) is 0 Å². The minimum atomic E-state index is -0.996. The number of amides is 2. The molecule has 2 fully saturated rings. The molecule has 6 heteroatoms. The van der Waals surface area contributed by atoms with Crippen molar-refractivity contribution < 1.29 is 24.2 Å². The smallest absolute Gasteiger partial charge is 0.335 e. The van der Waals surface area contributed by atoms with E-state index in [4.69, 9.17) is 9.84 Å². The first-order chi connectivity index (χ1) is 9.58. The Balaban J connectivity index is 1.51. The predicted molar refractivity (Wildman–Crippen MR) is 67.2 cm³/mol. The van der Waals surface area contributed by atoms with Crippen molar-refractivity contribution in [3.05, 3.63) is 29.8 Å². The van der Waals surface area contributed by atoms with Crippen LogP contribution in [0.1, 0.15) is 16.8 Å². The van der Waals surface area contributed by atoms with Gasteiger partial charge in [0, 0.05) is 0 Å². The molecule has 1 aliphatic carbocycles. The van der Waals surface area contributed by atoms with E-state index >= 15 is 0 Å². The zero-order valence-corrected chi connectivity index (χ0v) is 10.6. The van der Waals surface area contributed by atoms with Gasteiger partial charge >= 0.3 is 5.97 Å². The molecule has 0 aromatic heterocycles. The number of ether oxygens (including phenoxy) is 1. The Morgan fingerprint density at radius 1 is 1.20 bits per heavy atom.